The van der Waals surface area contributed by atoms with E-state index in [4.69, 9.17) is 16.0 Å². The van der Waals surface area contributed by atoms with Crippen LogP contribution in [0.15, 0.2) is 46.2 Å². The van der Waals surface area contributed by atoms with Gasteiger partial charge in [0.15, 0.2) is 0 Å². The van der Waals surface area contributed by atoms with Gasteiger partial charge in [-0.15, -0.1) is 11.3 Å². The zero-order valence-electron chi connectivity index (χ0n) is 13.5. The van der Waals surface area contributed by atoms with Gasteiger partial charge >= 0.3 is 0 Å². The molecule has 0 aliphatic rings. The van der Waals surface area contributed by atoms with Crippen molar-refractivity contribution in [3.63, 3.8) is 0 Å². The van der Waals surface area contributed by atoms with Crippen molar-refractivity contribution >= 4 is 28.8 Å². The van der Waals surface area contributed by atoms with E-state index in [0.29, 0.717) is 11.6 Å². The minimum absolute atomic E-state index is 0.0000571. The fourth-order valence-electron chi connectivity index (χ4n) is 2.33. The summed E-state index contributed by atoms with van der Waals surface area (Å²) < 4.78 is 5.51. The van der Waals surface area contributed by atoms with E-state index in [9.17, 15) is 4.79 Å². The molecule has 0 aliphatic heterocycles. The first-order chi connectivity index (χ1) is 11.5. The summed E-state index contributed by atoms with van der Waals surface area (Å²) in [5.41, 5.74) is 1.64. The number of hydrogen-bond donors (Lipinski definition) is 0. The summed E-state index contributed by atoms with van der Waals surface area (Å²) >= 11 is 7.69. The van der Waals surface area contributed by atoms with Crippen molar-refractivity contribution in [2.24, 2.45) is 0 Å². The summed E-state index contributed by atoms with van der Waals surface area (Å²) in [6.45, 7) is 2.34. The lowest BCUT2D eigenvalue weighted by Crippen LogP contribution is -2.27. The number of carbonyl (C=O) groups is 1. The maximum Gasteiger partial charge on any atom is 0.228 e. The molecule has 0 N–H and O–H groups in total. The molecule has 124 valence electrons. The lowest BCUT2D eigenvalue weighted by atomic mass is 10.2. The second kappa shape index (κ2) is 7.20. The van der Waals surface area contributed by atoms with Crippen LogP contribution in [0, 0.1) is 6.92 Å². The first-order valence-electron chi connectivity index (χ1n) is 7.51. The van der Waals surface area contributed by atoms with Crippen LogP contribution in [0.3, 0.4) is 0 Å². The lowest BCUT2D eigenvalue weighted by Gasteiger charge is -2.14. The molecule has 0 aliphatic carbocycles. The quantitative estimate of drug-likeness (QED) is 0.669. The molecule has 0 fully saturated rings. The van der Waals surface area contributed by atoms with Crippen molar-refractivity contribution in [3.8, 4) is 10.6 Å². The molecule has 0 saturated heterocycles. The van der Waals surface area contributed by atoms with Gasteiger partial charge in [0.05, 0.1) is 23.7 Å². The van der Waals surface area contributed by atoms with Crippen LogP contribution in [0.4, 0.5) is 0 Å². The van der Waals surface area contributed by atoms with Gasteiger partial charge in [0.25, 0.3) is 0 Å². The molecule has 0 unspecified atom stereocenters. The summed E-state index contributed by atoms with van der Waals surface area (Å²) in [5, 5.41) is 3.39. The van der Waals surface area contributed by atoms with Gasteiger partial charge in [-0.1, -0.05) is 29.8 Å². The minimum Gasteiger partial charge on any atom is -0.464 e. The minimum atomic E-state index is 0.0000571. The third kappa shape index (κ3) is 3.86. The molecule has 3 rings (SSSR count). The highest BCUT2D eigenvalue weighted by molar-refractivity contribution is 7.13. The van der Waals surface area contributed by atoms with Gasteiger partial charge in [-0.3, -0.25) is 4.79 Å². The number of carbonyl (C=O) groups excluding carboxylic acids is 1. The van der Waals surface area contributed by atoms with E-state index < -0.39 is 0 Å². The van der Waals surface area contributed by atoms with E-state index in [-0.39, 0.29) is 12.3 Å². The van der Waals surface area contributed by atoms with Crippen molar-refractivity contribution in [2.75, 3.05) is 7.05 Å². The van der Waals surface area contributed by atoms with Crippen molar-refractivity contribution in [1.29, 1.82) is 0 Å². The van der Waals surface area contributed by atoms with Crippen LogP contribution in [0.5, 0.6) is 0 Å². The van der Waals surface area contributed by atoms with Crippen molar-refractivity contribution in [1.82, 2.24) is 9.88 Å². The molecule has 2 heterocycles. The average Bonchev–Trinajstić information content (AvgIpc) is 3.17. The summed E-state index contributed by atoms with van der Waals surface area (Å²) in [6.07, 6.45) is 0.261. The Morgan fingerprint density at radius 1 is 1.29 bits per heavy atom. The Morgan fingerprint density at radius 2 is 2.08 bits per heavy atom. The first kappa shape index (κ1) is 16.7. The highest BCUT2D eigenvalue weighted by Gasteiger charge is 2.15. The number of likely N-dealkylation sites (N-methyl/N-ethyl adjacent to an activating group) is 1. The second-order valence-corrected chi connectivity index (χ2v) is 6.83. The van der Waals surface area contributed by atoms with Gasteiger partial charge in [0, 0.05) is 18.0 Å². The smallest absolute Gasteiger partial charge is 0.228 e. The molecule has 2 aromatic heterocycles. The third-order valence-electron chi connectivity index (χ3n) is 3.60. The number of rotatable bonds is 5. The number of hydrogen-bond acceptors (Lipinski definition) is 4. The van der Waals surface area contributed by atoms with E-state index in [1.54, 1.807) is 11.9 Å². The molecule has 24 heavy (non-hydrogen) atoms. The van der Waals surface area contributed by atoms with Crippen LogP contribution in [0.2, 0.25) is 5.02 Å². The lowest BCUT2D eigenvalue weighted by molar-refractivity contribution is -0.129. The molecule has 0 spiro atoms. The SMILES string of the molecule is Cc1ccc(CN(C)C(=O)Cc2csc(-c3ccccc3Cl)n2)o1. The Balaban J connectivity index is 1.66. The molecular weight excluding hydrogens is 344 g/mol. The molecule has 1 amide bonds. The van der Waals surface area contributed by atoms with E-state index in [1.165, 1.54) is 11.3 Å². The fraction of sp³-hybridized carbons (Fsp3) is 0.222. The van der Waals surface area contributed by atoms with Crippen LogP contribution >= 0.6 is 22.9 Å². The summed E-state index contributed by atoms with van der Waals surface area (Å²) in [6, 6.07) is 11.4. The average molecular weight is 361 g/mol. The number of aromatic nitrogens is 1. The van der Waals surface area contributed by atoms with Crippen molar-refractivity contribution in [3.05, 3.63) is 64.0 Å². The van der Waals surface area contributed by atoms with E-state index in [1.807, 2.05) is 48.7 Å². The highest BCUT2D eigenvalue weighted by atomic mass is 35.5. The van der Waals surface area contributed by atoms with Gasteiger partial charge in [0.1, 0.15) is 16.5 Å². The molecule has 0 atom stereocenters. The van der Waals surface area contributed by atoms with Crippen molar-refractivity contribution in [2.45, 2.75) is 19.9 Å². The Morgan fingerprint density at radius 3 is 2.79 bits per heavy atom. The molecule has 0 saturated carbocycles. The predicted octanol–water partition coefficient (Wildman–Crippen LogP) is 4.57. The zero-order valence-corrected chi connectivity index (χ0v) is 15.0. The molecule has 4 nitrogen and oxygen atoms in total. The molecule has 0 radical (unpaired) electrons. The molecule has 1 aromatic carbocycles. The predicted molar refractivity (Wildman–Crippen MR) is 96.2 cm³/mol. The number of nitrogens with zero attached hydrogens (tertiary/aromatic N) is 2. The van der Waals surface area contributed by atoms with Crippen LogP contribution < -0.4 is 0 Å². The van der Waals surface area contributed by atoms with Crippen LogP contribution in [0.25, 0.3) is 10.6 Å². The topological polar surface area (TPSA) is 46.3 Å². The van der Waals surface area contributed by atoms with Gasteiger partial charge in [-0.25, -0.2) is 4.98 Å². The molecule has 0 bridgehead atoms. The summed E-state index contributed by atoms with van der Waals surface area (Å²) in [5.74, 6) is 1.62. The maximum absolute atomic E-state index is 12.4. The van der Waals surface area contributed by atoms with Crippen molar-refractivity contribution < 1.29 is 9.21 Å². The summed E-state index contributed by atoms with van der Waals surface area (Å²) in [7, 11) is 1.77. The molecule has 6 heteroatoms. The van der Waals surface area contributed by atoms with Gasteiger partial charge < -0.3 is 9.32 Å². The molecule has 3 aromatic rings. The zero-order chi connectivity index (χ0) is 17.1. The second-order valence-electron chi connectivity index (χ2n) is 5.56. The Kier molecular flexibility index (Phi) is 5.02. The van der Waals surface area contributed by atoms with Gasteiger partial charge in [-0.05, 0) is 25.1 Å². The Bertz CT molecular complexity index is 856. The van der Waals surface area contributed by atoms with Gasteiger partial charge in [0.2, 0.25) is 5.91 Å². The number of furan rings is 1. The largest absolute Gasteiger partial charge is 0.464 e. The molecular formula is C18H17ClN2O2S. The summed E-state index contributed by atoms with van der Waals surface area (Å²) in [4.78, 5) is 18.5. The Labute approximate surface area is 149 Å². The number of benzene rings is 1. The van der Waals surface area contributed by atoms with Crippen LogP contribution in [0.1, 0.15) is 17.2 Å². The normalized spacial score (nSPS) is 10.8. The first-order valence-corrected chi connectivity index (χ1v) is 8.77. The number of halogens is 1. The van der Waals surface area contributed by atoms with Crippen LogP contribution in [-0.2, 0) is 17.8 Å². The third-order valence-corrected chi connectivity index (χ3v) is 4.86. The van der Waals surface area contributed by atoms with Crippen LogP contribution in [-0.4, -0.2) is 22.8 Å². The van der Waals surface area contributed by atoms with Gasteiger partial charge in [-0.2, -0.15) is 0 Å². The maximum atomic E-state index is 12.4. The number of aryl methyl sites for hydroxylation is 1. The number of amides is 1. The monoisotopic (exact) mass is 360 g/mol. The Hall–Kier alpha value is -2.11. The number of thiazole rings is 1. The highest BCUT2D eigenvalue weighted by Crippen LogP contribution is 2.30. The van der Waals surface area contributed by atoms with E-state index in [2.05, 4.69) is 4.98 Å². The fourth-order valence-corrected chi connectivity index (χ4v) is 3.47. The van der Waals surface area contributed by atoms with E-state index >= 15 is 0 Å². The van der Waals surface area contributed by atoms with E-state index in [0.717, 1.165) is 27.8 Å². The standard InChI is InChI=1S/C18H17ClN2O2S/c1-12-7-8-14(23-12)10-21(2)17(22)9-13-11-24-18(20-13)15-5-3-4-6-16(15)19/h3-8,11H,9-10H2,1-2H3.